The molecular weight excluding hydrogens is 254 g/mol. The second-order valence-electron chi connectivity index (χ2n) is 5.66. The van der Waals surface area contributed by atoms with Gasteiger partial charge in [0.15, 0.2) is 0 Å². The quantitative estimate of drug-likeness (QED) is 0.825. The summed E-state index contributed by atoms with van der Waals surface area (Å²) >= 11 is 0. The third kappa shape index (κ3) is 2.45. The Morgan fingerprint density at radius 2 is 2.05 bits per heavy atom. The van der Waals surface area contributed by atoms with E-state index in [2.05, 4.69) is 15.3 Å². The van der Waals surface area contributed by atoms with Crippen LogP contribution in [0.15, 0.2) is 6.20 Å². The van der Waals surface area contributed by atoms with Gasteiger partial charge < -0.3 is 10.2 Å². The van der Waals surface area contributed by atoms with Crippen LogP contribution < -0.4 is 5.32 Å². The Balaban J connectivity index is 1.63. The summed E-state index contributed by atoms with van der Waals surface area (Å²) in [6, 6.07) is 0.678. The van der Waals surface area contributed by atoms with Gasteiger partial charge in [0, 0.05) is 58.6 Å². The van der Waals surface area contributed by atoms with E-state index < -0.39 is 0 Å². The van der Waals surface area contributed by atoms with Crippen LogP contribution in [0.1, 0.15) is 23.0 Å². The molecular formula is C14H23N5O. The Morgan fingerprint density at radius 3 is 2.60 bits per heavy atom. The summed E-state index contributed by atoms with van der Waals surface area (Å²) in [7, 11) is 1.87. The van der Waals surface area contributed by atoms with Gasteiger partial charge in [-0.05, 0) is 6.42 Å². The molecule has 6 heteroatoms. The first-order valence-electron chi connectivity index (χ1n) is 7.45. The Hall–Kier alpha value is -1.40. The lowest BCUT2D eigenvalue weighted by molar-refractivity contribution is 0.0501. The van der Waals surface area contributed by atoms with Gasteiger partial charge in [0.2, 0.25) is 0 Å². The van der Waals surface area contributed by atoms with Crippen molar-refractivity contribution in [3.05, 3.63) is 17.5 Å². The van der Waals surface area contributed by atoms with E-state index in [0.29, 0.717) is 6.04 Å². The van der Waals surface area contributed by atoms with Crippen LogP contribution in [0.3, 0.4) is 0 Å². The van der Waals surface area contributed by atoms with Crippen LogP contribution >= 0.6 is 0 Å². The maximum Gasteiger partial charge on any atom is 0.257 e. The van der Waals surface area contributed by atoms with Crippen molar-refractivity contribution >= 4 is 5.91 Å². The Bertz CT molecular complexity index is 486. The summed E-state index contributed by atoms with van der Waals surface area (Å²) in [6.45, 7) is 7.86. The molecule has 3 heterocycles. The van der Waals surface area contributed by atoms with E-state index in [1.54, 1.807) is 4.68 Å². The molecule has 110 valence electrons. The van der Waals surface area contributed by atoms with Crippen molar-refractivity contribution in [2.45, 2.75) is 19.4 Å². The van der Waals surface area contributed by atoms with Gasteiger partial charge in [0.05, 0.1) is 11.3 Å². The van der Waals surface area contributed by atoms with Gasteiger partial charge in [-0.25, -0.2) is 0 Å². The fourth-order valence-electron chi connectivity index (χ4n) is 2.97. The van der Waals surface area contributed by atoms with Crippen LogP contribution in [0.2, 0.25) is 0 Å². The molecule has 0 unspecified atom stereocenters. The van der Waals surface area contributed by atoms with E-state index in [1.165, 1.54) is 0 Å². The summed E-state index contributed by atoms with van der Waals surface area (Å²) in [5.74, 6) is 0.140. The molecule has 6 nitrogen and oxygen atoms in total. The van der Waals surface area contributed by atoms with Gasteiger partial charge in [-0.3, -0.25) is 14.4 Å². The van der Waals surface area contributed by atoms with Crippen LogP contribution in [0.5, 0.6) is 0 Å². The number of piperazine rings is 1. The predicted molar refractivity (Wildman–Crippen MR) is 76.7 cm³/mol. The smallest absolute Gasteiger partial charge is 0.257 e. The monoisotopic (exact) mass is 277 g/mol. The van der Waals surface area contributed by atoms with Gasteiger partial charge in [0.1, 0.15) is 0 Å². The second-order valence-corrected chi connectivity index (χ2v) is 5.66. The molecule has 0 aliphatic carbocycles. The van der Waals surface area contributed by atoms with Crippen molar-refractivity contribution in [1.82, 2.24) is 24.9 Å². The molecule has 0 aromatic carbocycles. The molecule has 2 saturated heterocycles. The fraction of sp³-hybridized carbons (Fsp3) is 0.714. The third-order valence-electron chi connectivity index (χ3n) is 4.35. The van der Waals surface area contributed by atoms with E-state index >= 15 is 0 Å². The minimum atomic E-state index is 0.140. The van der Waals surface area contributed by atoms with Crippen molar-refractivity contribution < 1.29 is 4.79 Å². The number of hydrogen-bond donors (Lipinski definition) is 1. The second kappa shape index (κ2) is 5.54. The highest BCUT2D eigenvalue weighted by Crippen LogP contribution is 2.15. The molecule has 20 heavy (non-hydrogen) atoms. The molecule has 1 amide bonds. The lowest BCUT2D eigenvalue weighted by atomic mass is 10.1. The standard InChI is InChI=1S/C14H23N5O/c1-3-13-12(10-17(2)16-13)14(20)19-6-4-18(5-7-19)11-8-15-9-11/h10-11,15H,3-9H2,1-2H3. The van der Waals surface area contributed by atoms with E-state index in [1.807, 2.05) is 25.1 Å². The molecule has 0 atom stereocenters. The SMILES string of the molecule is CCc1nn(C)cc1C(=O)N1CCN(C2CNC2)CC1. The zero-order chi connectivity index (χ0) is 14.1. The third-order valence-corrected chi connectivity index (χ3v) is 4.35. The molecule has 0 saturated carbocycles. The van der Waals surface area contributed by atoms with Crippen molar-refractivity contribution in [2.75, 3.05) is 39.3 Å². The summed E-state index contributed by atoms with van der Waals surface area (Å²) in [4.78, 5) is 17.1. The molecule has 3 rings (SSSR count). The van der Waals surface area contributed by atoms with E-state index in [4.69, 9.17) is 0 Å². The number of hydrogen-bond acceptors (Lipinski definition) is 4. The van der Waals surface area contributed by atoms with Crippen LogP contribution in [0.25, 0.3) is 0 Å². The summed E-state index contributed by atoms with van der Waals surface area (Å²) < 4.78 is 1.74. The average molecular weight is 277 g/mol. The van der Waals surface area contributed by atoms with Crippen LogP contribution in [-0.4, -0.2) is 70.8 Å². The average Bonchev–Trinajstić information content (AvgIpc) is 2.78. The molecule has 1 aromatic heterocycles. The Kier molecular flexibility index (Phi) is 3.76. The molecule has 2 aliphatic heterocycles. The molecule has 1 N–H and O–H groups in total. The minimum Gasteiger partial charge on any atom is -0.336 e. The maximum absolute atomic E-state index is 12.6. The Morgan fingerprint density at radius 1 is 1.35 bits per heavy atom. The number of rotatable bonds is 3. The number of carbonyl (C=O) groups excluding carboxylic acids is 1. The lowest BCUT2D eigenvalue weighted by Gasteiger charge is -2.43. The highest BCUT2D eigenvalue weighted by molar-refractivity contribution is 5.95. The van der Waals surface area contributed by atoms with Crippen molar-refractivity contribution in [1.29, 1.82) is 0 Å². The van der Waals surface area contributed by atoms with Gasteiger partial charge in [0.25, 0.3) is 5.91 Å². The largest absolute Gasteiger partial charge is 0.336 e. The first-order chi connectivity index (χ1) is 9.69. The number of amides is 1. The zero-order valence-corrected chi connectivity index (χ0v) is 12.3. The number of carbonyl (C=O) groups is 1. The lowest BCUT2D eigenvalue weighted by Crippen LogP contribution is -2.62. The van der Waals surface area contributed by atoms with Crippen molar-refractivity contribution in [3.8, 4) is 0 Å². The summed E-state index contributed by atoms with van der Waals surface area (Å²) in [5.41, 5.74) is 1.68. The Labute approximate surface area is 119 Å². The molecule has 0 spiro atoms. The van der Waals surface area contributed by atoms with Crippen LogP contribution in [0, 0.1) is 0 Å². The zero-order valence-electron chi connectivity index (χ0n) is 12.3. The number of aromatic nitrogens is 2. The van der Waals surface area contributed by atoms with Crippen LogP contribution in [0.4, 0.5) is 0 Å². The highest BCUT2D eigenvalue weighted by Gasteiger charge is 2.30. The van der Waals surface area contributed by atoms with Crippen LogP contribution in [-0.2, 0) is 13.5 Å². The number of nitrogens with zero attached hydrogens (tertiary/aromatic N) is 4. The highest BCUT2D eigenvalue weighted by atomic mass is 16.2. The molecule has 2 aliphatic rings. The van der Waals surface area contributed by atoms with E-state index in [9.17, 15) is 4.79 Å². The van der Waals surface area contributed by atoms with Gasteiger partial charge >= 0.3 is 0 Å². The van der Waals surface area contributed by atoms with Gasteiger partial charge in [-0.15, -0.1) is 0 Å². The molecule has 0 radical (unpaired) electrons. The molecule has 1 aromatic rings. The van der Waals surface area contributed by atoms with Gasteiger partial charge in [-0.1, -0.05) is 6.92 Å². The number of aryl methyl sites for hydroxylation is 2. The normalized spacial score (nSPS) is 21.0. The first-order valence-corrected chi connectivity index (χ1v) is 7.45. The summed E-state index contributed by atoms with van der Waals surface area (Å²) in [5, 5.41) is 7.66. The fourth-order valence-corrected chi connectivity index (χ4v) is 2.97. The van der Waals surface area contributed by atoms with E-state index in [-0.39, 0.29) is 5.91 Å². The molecule has 0 bridgehead atoms. The predicted octanol–water partition coefficient (Wildman–Crippen LogP) is -0.288. The topological polar surface area (TPSA) is 53.4 Å². The van der Waals surface area contributed by atoms with Crippen molar-refractivity contribution in [2.24, 2.45) is 7.05 Å². The van der Waals surface area contributed by atoms with E-state index in [0.717, 1.165) is 56.9 Å². The first kappa shape index (κ1) is 13.6. The molecule has 2 fully saturated rings. The van der Waals surface area contributed by atoms with Gasteiger partial charge in [-0.2, -0.15) is 5.10 Å². The number of nitrogens with one attached hydrogen (secondary N) is 1. The summed E-state index contributed by atoms with van der Waals surface area (Å²) in [6.07, 6.45) is 2.65. The van der Waals surface area contributed by atoms with Crippen molar-refractivity contribution in [3.63, 3.8) is 0 Å². The maximum atomic E-state index is 12.6. The minimum absolute atomic E-state index is 0.140.